The number of nitrogens with zero attached hydrogens (tertiary/aromatic N) is 1. The van der Waals surface area contributed by atoms with Crippen LogP contribution in [0.1, 0.15) is 17.5 Å². The van der Waals surface area contributed by atoms with E-state index in [2.05, 4.69) is 0 Å². The number of benzene rings is 1. The maximum Gasteiger partial charge on any atom is 0.223 e. The van der Waals surface area contributed by atoms with Gasteiger partial charge >= 0.3 is 0 Å². The highest BCUT2D eigenvalue weighted by Gasteiger charge is 2.29. The second-order valence-electron chi connectivity index (χ2n) is 5.20. The van der Waals surface area contributed by atoms with Gasteiger partial charge in [0.05, 0.1) is 6.61 Å². The fourth-order valence-corrected chi connectivity index (χ4v) is 2.54. The number of rotatable bonds is 5. The van der Waals surface area contributed by atoms with Crippen molar-refractivity contribution in [2.75, 3.05) is 26.8 Å². The lowest BCUT2D eigenvalue weighted by molar-refractivity contribution is -0.128. The van der Waals surface area contributed by atoms with Gasteiger partial charge in [0.1, 0.15) is 5.82 Å². The molecule has 0 N–H and O–H groups in total. The van der Waals surface area contributed by atoms with Gasteiger partial charge in [-0.1, -0.05) is 12.1 Å². The van der Waals surface area contributed by atoms with E-state index in [1.165, 1.54) is 0 Å². The zero-order valence-electron chi connectivity index (χ0n) is 11.5. The van der Waals surface area contributed by atoms with E-state index in [1.807, 2.05) is 19.1 Å². The molecule has 2 rings (SSSR count). The molecule has 104 valence electrons. The van der Waals surface area contributed by atoms with Crippen molar-refractivity contribution in [3.8, 4) is 0 Å². The van der Waals surface area contributed by atoms with E-state index in [0.717, 1.165) is 5.56 Å². The average molecular weight is 265 g/mol. The van der Waals surface area contributed by atoms with E-state index < -0.39 is 0 Å². The minimum absolute atomic E-state index is 0.148. The summed E-state index contributed by atoms with van der Waals surface area (Å²) in [4.78, 5) is 13.6. The summed E-state index contributed by atoms with van der Waals surface area (Å²) in [7, 11) is 1.62. The van der Waals surface area contributed by atoms with E-state index >= 15 is 0 Å². The quantitative estimate of drug-likeness (QED) is 0.816. The highest BCUT2D eigenvalue weighted by molar-refractivity contribution is 5.78. The number of amides is 1. The van der Waals surface area contributed by atoms with E-state index in [0.29, 0.717) is 38.1 Å². The number of aryl methyl sites for hydroxylation is 1. The van der Waals surface area contributed by atoms with Crippen LogP contribution in [-0.2, 0) is 16.0 Å². The lowest BCUT2D eigenvalue weighted by atomic mass is 9.97. The summed E-state index contributed by atoms with van der Waals surface area (Å²) in [5.41, 5.74) is 1.63. The second-order valence-corrected chi connectivity index (χ2v) is 5.20. The van der Waals surface area contributed by atoms with Crippen molar-refractivity contribution in [2.45, 2.75) is 19.8 Å². The predicted molar refractivity (Wildman–Crippen MR) is 71.4 cm³/mol. The third-order valence-electron chi connectivity index (χ3n) is 3.58. The first-order chi connectivity index (χ1) is 9.10. The van der Waals surface area contributed by atoms with Crippen LogP contribution in [-0.4, -0.2) is 37.6 Å². The molecule has 1 fully saturated rings. The molecular weight excluding hydrogens is 245 g/mol. The first-order valence-corrected chi connectivity index (χ1v) is 6.62. The van der Waals surface area contributed by atoms with Crippen LogP contribution >= 0.6 is 0 Å². The number of ether oxygens (including phenoxy) is 1. The third kappa shape index (κ3) is 3.53. The monoisotopic (exact) mass is 265 g/mol. The highest BCUT2D eigenvalue weighted by Crippen LogP contribution is 2.23. The summed E-state index contributed by atoms with van der Waals surface area (Å²) in [5.74, 6) is 0.193. The Kier molecular flexibility index (Phi) is 4.53. The molecule has 0 unspecified atom stereocenters. The number of hydrogen-bond acceptors (Lipinski definition) is 2. The molecule has 0 saturated carbocycles. The van der Waals surface area contributed by atoms with E-state index in [9.17, 15) is 9.18 Å². The maximum absolute atomic E-state index is 13.8. The molecule has 1 atom stereocenters. The van der Waals surface area contributed by atoms with E-state index in [1.54, 1.807) is 18.1 Å². The molecule has 1 aromatic carbocycles. The fraction of sp³-hybridized carbons (Fsp3) is 0.533. The molecule has 1 heterocycles. The van der Waals surface area contributed by atoms with Crippen LogP contribution < -0.4 is 0 Å². The van der Waals surface area contributed by atoms with Crippen LogP contribution in [0.5, 0.6) is 0 Å². The molecule has 0 aromatic heterocycles. The molecule has 1 amide bonds. The van der Waals surface area contributed by atoms with Crippen LogP contribution in [0.25, 0.3) is 0 Å². The van der Waals surface area contributed by atoms with Crippen molar-refractivity contribution in [3.63, 3.8) is 0 Å². The topological polar surface area (TPSA) is 29.5 Å². The van der Waals surface area contributed by atoms with Crippen LogP contribution in [0.15, 0.2) is 18.2 Å². The van der Waals surface area contributed by atoms with Crippen molar-refractivity contribution >= 4 is 5.91 Å². The normalized spacial score (nSPS) is 19.2. The molecule has 1 aromatic rings. The molecule has 4 heteroatoms. The van der Waals surface area contributed by atoms with Gasteiger partial charge in [0.2, 0.25) is 5.91 Å². The minimum atomic E-state index is -0.164. The second kappa shape index (κ2) is 6.15. The van der Waals surface area contributed by atoms with Crippen LogP contribution in [0.4, 0.5) is 4.39 Å². The number of methoxy groups -OCH3 is 1. The van der Waals surface area contributed by atoms with Gasteiger partial charge in [0.25, 0.3) is 0 Å². The molecule has 0 aliphatic carbocycles. The Balaban J connectivity index is 1.95. The Labute approximate surface area is 113 Å². The summed E-state index contributed by atoms with van der Waals surface area (Å²) in [6.07, 6.45) is 1.14. The van der Waals surface area contributed by atoms with Crippen LogP contribution in [0.2, 0.25) is 0 Å². The standard InChI is InChI=1S/C15H20FNO2/c1-11-3-4-13(14(16)7-11)8-12-9-15(18)17(10-12)5-6-19-2/h3-4,7,12H,5-6,8-10H2,1-2H3/t12-/m0/s1. The zero-order valence-corrected chi connectivity index (χ0v) is 11.5. The highest BCUT2D eigenvalue weighted by atomic mass is 19.1. The van der Waals surface area contributed by atoms with Gasteiger partial charge < -0.3 is 9.64 Å². The lowest BCUT2D eigenvalue weighted by Gasteiger charge is -2.16. The first-order valence-electron chi connectivity index (χ1n) is 6.62. The Hall–Kier alpha value is -1.42. The molecule has 3 nitrogen and oxygen atoms in total. The van der Waals surface area contributed by atoms with Crippen molar-refractivity contribution in [2.24, 2.45) is 5.92 Å². The first kappa shape index (κ1) is 14.0. The summed E-state index contributed by atoms with van der Waals surface area (Å²) in [6.45, 7) is 3.76. The van der Waals surface area contributed by atoms with Crippen LogP contribution in [0, 0.1) is 18.7 Å². The van der Waals surface area contributed by atoms with Crippen molar-refractivity contribution in [3.05, 3.63) is 35.1 Å². The molecule has 19 heavy (non-hydrogen) atoms. The Morgan fingerprint density at radius 2 is 2.26 bits per heavy atom. The molecule has 0 bridgehead atoms. The van der Waals surface area contributed by atoms with E-state index in [-0.39, 0.29) is 17.6 Å². The SMILES string of the molecule is COCCN1C[C@@H](Cc2ccc(C)cc2F)CC1=O. The summed E-state index contributed by atoms with van der Waals surface area (Å²) >= 11 is 0. The van der Waals surface area contributed by atoms with Crippen molar-refractivity contribution < 1.29 is 13.9 Å². The molecule has 1 saturated heterocycles. The molecule has 1 aliphatic rings. The van der Waals surface area contributed by atoms with Gasteiger partial charge in [-0.25, -0.2) is 4.39 Å². The largest absolute Gasteiger partial charge is 0.383 e. The van der Waals surface area contributed by atoms with Crippen molar-refractivity contribution in [1.29, 1.82) is 0 Å². The van der Waals surface area contributed by atoms with Gasteiger partial charge in [-0.15, -0.1) is 0 Å². The Morgan fingerprint density at radius 3 is 2.95 bits per heavy atom. The van der Waals surface area contributed by atoms with E-state index in [4.69, 9.17) is 4.74 Å². The van der Waals surface area contributed by atoms with Crippen LogP contribution in [0.3, 0.4) is 0 Å². The van der Waals surface area contributed by atoms with Gasteiger partial charge in [0.15, 0.2) is 0 Å². The van der Waals surface area contributed by atoms with Crippen molar-refractivity contribution in [1.82, 2.24) is 4.90 Å². The number of likely N-dealkylation sites (tertiary alicyclic amines) is 1. The smallest absolute Gasteiger partial charge is 0.223 e. The zero-order chi connectivity index (χ0) is 13.8. The predicted octanol–water partition coefficient (Wildman–Crippen LogP) is 2.17. The molecule has 0 radical (unpaired) electrons. The minimum Gasteiger partial charge on any atom is -0.383 e. The summed E-state index contributed by atoms with van der Waals surface area (Å²) in [6, 6.07) is 5.29. The number of hydrogen-bond donors (Lipinski definition) is 0. The number of halogens is 1. The number of carbonyl (C=O) groups excluding carboxylic acids is 1. The van der Waals surface area contributed by atoms with Gasteiger partial charge in [0, 0.05) is 26.6 Å². The Morgan fingerprint density at radius 1 is 1.47 bits per heavy atom. The van der Waals surface area contributed by atoms with Gasteiger partial charge in [-0.2, -0.15) is 0 Å². The molecule has 0 spiro atoms. The van der Waals surface area contributed by atoms with Gasteiger partial charge in [-0.3, -0.25) is 4.79 Å². The lowest BCUT2D eigenvalue weighted by Crippen LogP contribution is -2.28. The maximum atomic E-state index is 13.8. The number of carbonyl (C=O) groups is 1. The summed E-state index contributed by atoms with van der Waals surface area (Å²) < 4.78 is 18.8. The average Bonchev–Trinajstić information content (AvgIpc) is 2.71. The fourth-order valence-electron chi connectivity index (χ4n) is 2.54. The molecular formula is C15H20FNO2. The van der Waals surface area contributed by atoms with Gasteiger partial charge in [-0.05, 0) is 36.5 Å². The Bertz CT molecular complexity index is 461. The summed E-state index contributed by atoms with van der Waals surface area (Å²) in [5, 5.41) is 0. The molecule has 1 aliphatic heterocycles. The third-order valence-corrected chi connectivity index (χ3v) is 3.58.